The highest BCUT2D eigenvalue weighted by atomic mass is 35.5. The lowest BCUT2D eigenvalue weighted by atomic mass is 9.90. The van der Waals surface area contributed by atoms with Crippen molar-refractivity contribution in [1.82, 2.24) is 9.80 Å². The van der Waals surface area contributed by atoms with Crippen LogP contribution in [-0.4, -0.2) is 53.9 Å². The molecule has 2 aromatic rings. The maximum Gasteiger partial charge on any atom is 0.410 e. The summed E-state index contributed by atoms with van der Waals surface area (Å²) in [5.41, 5.74) is 3.27. The van der Waals surface area contributed by atoms with E-state index in [1.807, 2.05) is 63.2 Å². The summed E-state index contributed by atoms with van der Waals surface area (Å²) in [5, 5.41) is 0.601. The minimum absolute atomic E-state index is 0.222. The molecule has 1 atom stereocenters. The normalized spacial score (nSPS) is 18.3. The number of rotatable bonds is 3. The molecular weight excluding hydrogens is 456 g/mol. The van der Waals surface area contributed by atoms with Gasteiger partial charge in [-0.05, 0) is 61.6 Å². The number of hydrogen-bond donors (Lipinski definition) is 0. The quantitative estimate of drug-likeness (QED) is 0.585. The van der Waals surface area contributed by atoms with Crippen molar-refractivity contribution in [3.05, 3.63) is 69.7 Å². The SMILES string of the molecule is CC(C)(C)OC(=O)N1CCOCC1c1cc(Cl)cc2c1CN(C(=O)OCc1ccccc1)CC2. The third-order valence-corrected chi connectivity index (χ3v) is 6.14. The van der Waals surface area contributed by atoms with Crippen LogP contribution in [0.5, 0.6) is 0 Å². The topological polar surface area (TPSA) is 68.3 Å². The average Bonchev–Trinajstić information content (AvgIpc) is 2.81. The Morgan fingerprint density at radius 1 is 1.12 bits per heavy atom. The molecule has 1 unspecified atom stereocenters. The zero-order valence-electron chi connectivity index (χ0n) is 19.9. The molecule has 0 spiro atoms. The van der Waals surface area contributed by atoms with Gasteiger partial charge in [-0.25, -0.2) is 9.59 Å². The van der Waals surface area contributed by atoms with Gasteiger partial charge in [-0.3, -0.25) is 4.90 Å². The number of ether oxygens (including phenoxy) is 3. The van der Waals surface area contributed by atoms with Crippen molar-refractivity contribution in [2.75, 3.05) is 26.3 Å². The van der Waals surface area contributed by atoms with Gasteiger partial charge >= 0.3 is 12.2 Å². The molecule has 1 saturated heterocycles. The summed E-state index contributed by atoms with van der Waals surface area (Å²) in [7, 11) is 0. The number of halogens is 1. The van der Waals surface area contributed by atoms with Crippen LogP contribution in [0.4, 0.5) is 9.59 Å². The molecule has 8 heteroatoms. The van der Waals surface area contributed by atoms with E-state index >= 15 is 0 Å². The van der Waals surface area contributed by atoms with Gasteiger partial charge in [0.2, 0.25) is 0 Å². The third kappa shape index (κ3) is 5.83. The van der Waals surface area contributed by atoms with Crippen molar-refractivity contribution in [1.29, 1.82) is 0 Å². The molecule has 0 bridgehead atoms. The number of benzene rings is 2. The van der Waals surface area contributed by atoms with Gasteiger partial charge in [0, 0.05) is 24.7 Å². The zero-order valence-corrected chi connectivity index (χ0v) is 20.6. The van der Waals surface area contributed by atoms with Crippen LogP contribution < -0.4 is 0 Å². The van der Waals surface area contributed by atoms with Crippen LogP contribution in [0.3, 0.4) is 0 Å². The van der Waals surface area contributed by atoms with E-state index < -0.39 is 5.60 Å². The monoisotopic (exact) mass is 486 g/mol. The smallest absolute Gasteiger partial charge is 0.410 e. The molecule has 0 aliphatic carbocycles. The van der Waals surface area contributed by atoms with Gasteiger partial charge in [0.15, 0.2) is 0 Å². The Labute approximate surface area is 205 Å². The van der Waals surface area contributed by atoms with E-state index in [9.17, 15) is 9.59 Å². The van der Waals surface area contributed by atoms with Gasteiger partial charge in [-0.2, -0.15) is 0 Å². The predicted molar refractivity (Wildman–Crippen MR) is 129 cm³/mol. The molecule has 0 aromatic heterocycles. The molecule has 0 radical (unpaired) electrons. The molecule has 0 N–H and O–H groups in total. The summed E-state index contributed by atoms with van der Waals surface area (Å²) in [5.74, 6) is 0. The van der Waals surface area contributed by atoms with Crippen LogP contribution in [0, 0.1) is 0 Å². The van der Waals surface area contributed by atoms with E-state index in [1.54, 1.807) is 9.80 Å². The molecule has 2 heterocycles. The summed E-state index contributed by atoms with van der Waals surface area (Å²) in [6.07, 6.45) is -0.0904. The van der Waals surface area contributed by atoms with E-state index in [-0.39, 0.29) is 24.8 Å². The Kier molecular flexibility index (Phi) is 7.33. The maximum absolute atomic E-state index is 13.0. The molecule has 182 valence electrons. The van der Waals surface area contributed by atoms with Gasteiger partial charge in [0.25, 0.3) is 0 Å². The minimum Gasteiger partial charge on any atom is -0.445 e. The van der Waals surface area contributed by atoms with Crippen molar-refractivity contribution in [2.45, 2.75) is 52.0 Å². The van der Waals surface area contributed by atoms with Crippen molar-refractivity contribution in [3.8, 4) is 0 Å². The first-order valence-electron chi connectivity index (χ1n) is 11.6. The van der Waals surface area contributed by atoms with Crippen LogP contribution in [0.25, 0.3) is 0 Å². The van der Waals surface area contributed by atoms with Crippen LogP contribution in [0.1, 0.15) is 49.1 Å². The highest BCUT2D eigenvalue weighted by molar-refractivity contribution is 6.30. The lowest BCUT2D eigenvalue weighted by molar-refractivity contribution is -0.0334. The first kappa shape index (κ1) is 24.4. The van der Waals surface area contributed by atoms with Gasteiger partial charge in [-0.15, -0.1) is 0 Å². The molecule has 34 heavy (non-hydrogen) atoms. The second-order valence-electron chi connectivity index (χ2n) is 9.61. The lowest BCUT2D eigenvalue weighted by Crippen LogP contribution is -2.46. The van der Waals surface area contributed by atoms with E-state index in [4.69, 9.17) is 25.8 Å². The summed E-state index contributed by atoms with van der Waals surface area (Å²) in [6, 6.07) is 13.1. The van der Waals surface area contributed by atoms with Crippen LogP contribution in [0.2, 0.25) is 5.02 Å². The summed E-state index contributed by atoms with van der Waals surface area (Å²) in [4.78, 5) is 29.2. The van der Waals surface area contributed by atoms with Crippen molar-refractivity contribution in [3.63, 3.8) is 0 Å². The first-order chi connectivity index (χ1) is 16.2. The number of carbonyl (C=O) groups is 2. The number of carbonyl (C=O) groups excluding carboxylic acids is 2. The van der Waals surface area contributed by atoms with Gasteiger partial charge in [-0.1, -0.05) is 41.9 Å². The molecule has 0 saturated carbocycles. The predicted octanol–water partition coefficient (Wildman–Crippen LogP) is 5.34. The van der Waals surface area contributed by atoms with Crippen LogP contribution in [0.15, 0.2) is 42.5 Å². The second-order valence-corrected chi connectivity index (χ2v) is 10.0. The molecule has 2 amide bonds. The Bertz CT molecular complexity index is 1040. The number of nitrogens with zero attached hydrogens (tertiary/aromatic N) is 2. The van der Waals surface area contributed by atoms with Gasteiger partial charge < -0.3 is 19.1 Å². The zero-order chi connectivity index (χ0) is 24.3. The minimum atomic E-state index is -0.604. The summed E-state index contributed by atoms with van der Waals surface area (Å²) in [6.45, 7) is 7.89. The second kappa shape index (κ2) is 10.2. The van der Waals surface area contributed by atoms with E-state index in [0.717, 1.165) is 22.3 Å². The number of hydrogen-bond acceptors (Lipinski definition) is 5. The fourth-order valence-corrected chi connectivity index (χ4v) is 4.57. The van der Waals surface area contributed by atoms with Crippen molar-refractivity contribution >= 4 is 23.8 Å². The molecule has 2 aliphatic rings. The maximum atomic E-state index is 13.0. The highest BCUT2D eigenvalue weighted by Crippen LogP contribution is 2.35. The van der Waals surface area contributed by atoms with Gasteiger partial charge in [0.1, 0.15) is 12.2 Å². The van der Waals surface area contributed by atoms with E-state index in [0.29, 0.717) is 44.3 Å². The Morgan fingerprint density at radius 2 is 1.88 bits per heavy atom. The average molecular weight is 487 g/mol. The number of amides is 2. The first-order valence-corrected chi connectivity index (χ1v) is 11.9. The molecule has 4 rings (SSSR count). The lowest BCUT2D eigenvalue weighted by Gasteiger charge is -2.39. The number of morpholine rings is 1. The van der Waals surface area contributed by atoms with Crippen molar-refractivity contribution in [2.24, 2.45) is 0 Å². The summed E-state index contributed by atoms with van der Waals surface area (Å²) >= 11 is 6.47. The fourth-order valence-electron chi connectivity index (χ4n) is 4.32. The van der Waals surface area contributed by atoms with Crippen molar-refractivity contribution < 1.29 is 23.8 Å². The molecule has 2 aliphatic heterocycles. The van der Waals surface area contributed by atoms with Crippen LogP contribution >= 0.6 is 11.6 Å². The molecule has 7 nitrogen and oxygen atoms in total. The Hall–Kier alpha value is -2.77. The van der Waals surface area contributed by atoms with E-state index in [2.05, 4.69) is 0 Å². The largest absolute Gasteiger partial charge is 0.445 e. The Morgan fingerprint density at radius 3 is 2.62 bits per heavy atom. The molecule has 1 fully saturated rings. The Balaban J connectivity index is 1.55. The summed E-state index contributed by atoms with van der Waals surface area (Å²) < 4.78 is 17.0. The fraction of sp³-hybridized carbons (Fsp3) is 0.462. The standard InChI is InChI=1S/C26H31ClN2O5/c1-26(2,3)34-25(31)29-11-12-32-17-23(29)21-14-20(27)13-19-9-10-28(15-22(19)21)24(30)33-16-18-7-5-4-6-8-18/h4-8,13-14,23H,9-12,15-17H2,1-3H3. The van der Waals surface area contributed by atoms with Gasteiger partial charge in [0.05, 0.1) is 19.3 Å². The highest BCUT2D eigenvalue weighted by Gasteiger charge is 2.35. The van der Waals surface area contributed by atoms with E-state index in [1.165, 1.54) is 0 Å². The molecule has 2 aromatic carbocycles. The third-order valence-electron chi connectivity index (χ3n) is 5.92. The number of fused-ring (bicyclic) bond motifs is 1. The molecular formula is C26H31ClN2O5. The van der Waals surface area contributed by atoms with Crippen LogP contribution in [-0.2, 0) is 33.8 Å².